The molecule has 2 aromatic rings. The molecule has 0 unspecified atom stereocenters. The van der Waals surface area contributed by atoms with Crippen molar-refractivity contribution in [3.05, 3.63) is 60.2 Å². The molecule has 0 aromatic heterocycles. The molecule has 0 radical (unpaired) electrons. The molecule has 0 heterocycles. The topological polar surface area (TPSA) is 90.5 Å². The van der Waals surface area contributed by atoms with Crippen molar-refractivity contribution in [2.24, 2.45) is 0 Å². The van der Waals surface area contributed by atoms with E-state index in [-0.39, 0.29) is 12.5 Å². The second-order valence-corrected chi connectivity index (χ2v) is 7.17. The van der Waals surface area contributed by atoms with E-state index in [0.29, 0.717) is 12.1 Å². The average molecular weight is 415 g/mol. The molecule has 29 heavy (non-hydrogen) atoms. The first kappa shape index (κ1) is 22.4. The Morgan fingerprint density at radius 3 is 2.34 bits per heavy atom. The van der Waals surface area contributed by atoms with Crippen LogP contribution < -0.4 is 16.0 Å². The van der Waals surface area contributed by atoms with E-state index in [0.717, 1.165) is 10.6 Å². The number of nitrogens with zero attached hydrogens (tertiary/aromatic N) is 1. The largest absolute Gasteiger partial charge is 0.338 e. The van der Waals surface area contributed by atoms with E-state index in [4.69, 9.17) is 0 Å². The summed E-state index contributed by atoms with van der Waals surface area (Å²) in [4.78, 5) is 39.7. The summed E-state index contributed by atoms with van der Waals surface area (Å²) in [5.74, 6) is -0.747. The van der Waals surface area contributed by atoms with Crippen LogP contribution in [0.3, 0.4) is 0 Å². The van der Waals surface area contributed by atoms with Crippen LogP contribution in [-0.4, -0.2) is 49.1 Å². The van der Waals surface area contributed by atoms with Gasteiger partial charge < -0.3 is 10.6 Å². The number of thioether (sulfide) groups is 1. The number of carbonyl (C=O) groups is 3. The van der Waals surface area contributed by atoms with Crippen molar-refractivity contribution in [1.82, 2.24) is 15.5 Å². The lowest BCUT2D eigenvalue weighted by Gasteiger charge is -2.27. The molecular weight excluding hydrogens is 388 g/mol. The van der Waals surface area contributed by atoms with Crippen molar-refractivity contribution < 1.29 is 14.4 Å². The number of nitrogens with one attached hydrogen (secondary N) is 3. The highest BCUT2D eigenvalue weighted by Gasteiger charge is 2.27. The van der Waals surface area contributed by atoms with E-state index in [1.165, 1.54) is 11.8 Å². The molecule has 7 nitrogen and oxygen atoms in total. The molecule has 0 fully saturated rings. The summed E-state index contributed by atoms with van der Waals surface area (Å²) in [7, 11) is 1.68. The van der Waals surface area contributed by atoms with E-state index in [9.17, 15) is 14.4 Å². The highest BCUT2D eigenvalue weighted by Crippen LogP contribution is 2.25. The SMILES string of the molecule is CCNC(=O)NC(=O)[C@@H](c1ccccc1)N(C)CC(=O)Nc1ccccc1SC. The van der Waals surface area contributed by atoms with Crippen molar-refractivity contribution >= 4 is 35.3 Å². The Bertz CT molecular complexity index is 845. The van der Waals surface area contributed by atoms with Gasteiger partial charge in [0, 0.05) is 11.4 Å². The van der Waals surface area contributed by atoms with Crippen molar-refractivity contribution in [3.63, 3.8) is 0 Å². The Morgan fingerprint density at radius 1 is 1.03 bits per heavy atom. The monoisotopic (exact) mass is 414 g/mol. The van der Waals surface area contributed by atoms with Crippen LogP contribution in [0.2, 0.25) is 0 Å². The zero-order chi connectivity index (χ0) is 21.2. The van der Waals surface area contributed by atoms with Crippen LogP contribution in [0, 0.1) is 0 Å². The Kier molecular flexibility index (Phi) is 8.69. The third kappa shape index (κ3) is 6.62. The summed E-state index contributed by atoms with van der Waals surface area (Å²) in [6, 6.07) is 15.2. The number of hydrogen-bond donors (Lipinski definition) is 3. The van der Waals surface area contributed by atoms with Crippen LogP contribution in [0.25, 0.3) is 0 Å². The van der Waals surface area contributed by atoms with Gasteiger partial charge in [-0.2, -0.15) is 0 Å². The molecule has 0 spiro atoms. The minimum Gasteiger partial charge on any atom is -0.338 e. The molecule has 0 saturated carbocycles. The number of para-hydroxylation sites is 1. The molecule has 2 aromatic carbocycles. The molecule has 1 atom stereocenters. The zero-order valence-corrected chi connectivity index (χ0v) is 17.6. The van der Waals surface area contributed by atoms with Gasteiger partial charge >= 0.3 is 6.03 Å². The van der Waals surface area contributed by atoms with Crippen LogP contribution in [0.4, 0.5) is 10.5 Å². The van der Waals surface area contributed by atoms with E-state index in [1.54, 1.807) is 31.0 Å². The first-order valence-corrected chi connectivity index (χ1v) is 10.5. The van der Waals surface area contributed by atoms with Gasteiger partial charge in [-0.1, -0.05) is 42.5 Å². The van der Waals surface area contributed by atoms with Gasteiger partial charge in [0.05, 0.1) is 12.2 Å². The second-order valence-electron chi connectivity index (χ2n) is 6.33. The fourth-order valence-electron chi connectivity index (χ4n) is 2.88. The number of urea groups is 1. The molecule has 0 aliphatic carbocycles. The third-order valence-corrected chi connectivity index (χ3v) is 4.95. The number of carbonyl (C=O) groups excluding carboxylic acids is 3. The van der Waals surface area contributed by atoms with Gasteiger partial charge in [0.15, 0.2) is 0 Å². The molecule has 154 valence electrons. The first-order chi connectivity index (χ1) is 14.0. The fraction of sp³-hybridized carbons (Fsp3) is 0.286. The quantitative estimate of drug-likeness (QED) is 0.578. The van der Waals surface area contributed by atoms with Crippen LogP contribution in [0.5, 0.6) is 0 Å². The maximum atomic E-state index is 12.8. The number of amides is 4. The lowest BCUT2D eigenvalue weighted by molar-refractivity contribution is -0.126. The Labute approximate surface area is 175 Å². The highest BCUT2D eigenvalue weighted by atomic mass is 32.2. The van der Waals surface area contributed by atoms with Gasteiger partial charge in [-0.05, 0) is 37.9 Å². The van der Waals surface area contributed by atoms with E-state index in [2.05, 4.69) is 16.0 Å². The first-order valence-electron chi connectivity index (χ1n) is 9.23. The molecule has 2 rings (SSSR count). The van der Waals surface area contributed by atoms with Crippen LogP contribution >= 0.6 is 11.8 Å². The summed E-state index contributed by atoms with van der Waals surface area (Å²) in [6.07, 6.45) is 1.94. The molecule has 8 heteroatoms. The highest BCUT2D eigenvalue weighted by molar-refractivity contribution is 7.98. The molecule has 0 aliphatic rings. The Morgan fingerprint density at radius 2 is 1.69 bits per heavy atom. The minimum absolute atomic E-state index is 0.0227. The number of anilines is 1. The fourth-order valence-corrected chi connectivity index (χ4v) is 3.44. The van der Waals surface area contributed by atoms with Crippen molar-refractivity contribution in [2.45, 2.75) is 17.9 Å². The molecule has 0 aliphatic heterocycles. The molecular formula is C21H26N4O3S. The standard InChI is InChI=1S/C21H26N4O3S/c1-4-22-21(28)24-20(27)19(15-10-6-5-7-11-15)25(2)14-18(26)23-16-12-8-9-13-17(16)29-3/h5-13,19H,4,14H2,1-3H3,(H,23,26)(H2,22,24,27,28)/t19-/m1/s1. The number of rotatable bonds is 8. The summed E-state index contributed by atoms with van der Waals surface area (Å²) in [5, 5.41) is 7.76. The van der Waals surface area contributed by atoms with Gasteiger partial charge in [-0.25, -0.2) is 4.79 Å². The van der Waals surface area contributed by atoms with Crippen LogP contribution in [0.1, 0.15) is 18.5 Å². The van der Waals surface area contributed by atoms with Gasteiger partial charge in [0.25, 0.3) is 0 Å². The average Bonchev–Trinajstić information content (AvgIpc) is 2.69. The number of likely N-dealkylation sites (N-methyl/N-ethyl adjacent to an activating group) is 1. The van der Waals surface area contributed by atoms with Crippen molar-refractivity contribution in [3.8, 4) is 0 Å². The molecule has 0 bridgehead atoms. The van der Waals surface area contributed by atoms with Crippen LogP contribution in [0.15, 0.2) is 59.5 Å². The zero-order valence-electron chi connectivity index (χ0n) is 16.8. The smallest absolute Gasteiger partial charge is 0.321 e. The normalized spacial score (nSPS) is 11.6. The summed E-state index contributed by atoms with van der Waals surface area (Å²) < 4.78 is 0. The molecule has 0 saturated heterocycles. The number of imide groups is 1. The van der Waals surface area contributed by atoms with Gasteiger partial charge in [0.2, 0.25) is 11.8 Å². The summed E-state index contributed by atoms with van der Waals surface area (Å²) >= 11 is 1.54. The number of benzene rings is 2. The van der Waals surface area contributed by atoms with Gasteiger partial charge in [-0.3, -0.25) is 19.8 Å². The maximum absolute atomic E-state index is 12.8. The number of hydrogen-bond acceptors (Lipinski definition) is 5. The maximum Gasteiger partial charge on any atom is 0.321 e. The Balaban J connectivity index is 2.14. The molecule has 3 N–H and O–H groups in total. The summed E-state index contributed by atoms with van der Waals surface area (Å²) in [6.45, 7) is 2.15. The lowest BCUT2D eigenvalue weighted by atomic mass is 10.0. The van der Waals surface area contributed by atoms with Gasteiger partial charge in [0.1, 0.15) is 6.04 Å². The molecule has 4 amide bonds. The second kappa shape index (κ2) is 11.2. The third-order valence-electron chi connectivity index (χ3n) is 4.15. The van der Waals surface area contributed by atoms with Gasteiger partial charge in [-0.15, -0.1) is 11.8 Å². The van der Waals surface area contributed by atoms with Crippen LogP contribution in [-0.2, 0) is 9.59 Å². The Hall–Kier alpha value is -2.84. The summed E-state index contributed by atoms with van der Waals surface area (Å²) in [5.41, 5.74) is 1.41. The predicted molar refractivity (Wildman–Crippen MR) is 116 cm³/mol. The predicted octanol–water partition coefficient (Wildman–Crippen LogP) is 2.87. The van der Waals surface area contributed by atoms with Crippen molar-refractivity contribution in [2.75, 3.05) is 31.7 Å². The van der Waals surface area contributed by atoms with Crippen molar-refractivity contribution in [1.29, 1.82) is 0 Å². The minimum atomic E-state index is -0.791. The van der Waals surface area contributed by atoms with E-state index in [1.807, 2.05) is 48.7 Å². The van der Waals surface area contributed by atoms with E-state index >= 15 is 0 Å². The van der Waals surface area contributed by atoms with E-state index < -0.39 is 18.0 Å². The lowest BCUT2D eigenvalue weighted by Crippen LogP contribution is -2.46.